The molecule has 1 N–H and O–H groups in total. The summed E-state index contributed by atoms with van der Waals surface area (Å²) in [6.07, 6.45) is 1.47. The molecule has 0 aromatic heterocycles. The Kier molecular flexibility index (Phi) is 4.79. The van der Waals surface area contributed by atoms with E-state index in [0.29, 0.717) is 17.1 Å². The first-order valence-electron chi connectivity index (χ1n) is 7.80. The van der Waals surface area contributed by atoms with Gasteiger partial charge in [0, 0.05) is 6.92 Å². The van der Waals surface area contributed by atoms with E-state index in [1.165, 1.54) is 37.3 Å². The summed E-state index contributed by atoms with van der Waals surface area (Å²) in [4.78, 5) is 36.4. The van der Waals surface area contributed by atoms with Crippen LogP contribution in [0.25, 0.3) is 6.08 Å². The van der Waals surface area contributed by atoms with Gasteiger partial charge in [-0.25, -0.2) is 4.39 Å². The lowest BCUT2D eigenvalue weighted by Crippen LogP contribution is -2.51. The highest BCUT2D eigenvalue weighted by Gasteiger charge is 2.30. The van der Waals surface area contributed by atoms with Crippen molar-refractivity contribution in [3.8, 4) is 11.5 Å². The second-order valence-electron chi connectivity index (χ2n) is 5.64. The van der Waals surface area contributed by atoms with Crippen molar-refractivity contribution < 1.29 is 23.5 Å². The third kappa shape index (κ3) is 3.94. The number of carbonyl (C=O) groups excluding carboxylic acids is 3. The van der Waals surface area contributed by atoms with Gasteiger partial charge in [-0.15, -0.1) is 0 Å². The van der Waals surface area contributed by atoms with E-state index >= 15 is 0 Å². The van der Waals surface area contributed by atoms with Gasteiger partial charge in [-0.1, -0.05) is 12.1 Å². The summed E-state index contributed by atoms with van der Waals surface area (Å²) in [7, 11) is 0. The van der Waals surface area contributed by atoms with E-state index in [9.17, 15) is 18.8 Å². The second-order valence-corrected chi connectivity index (χ2v) is 5.64. The Morgan fingerprint density at radius 1 is 1.15 bits per heavy atom. The van der Waals surface area contributed by atoms with Crippen molar-refractivity contribution >= 4 is 23.8 Å². The molecule has 0 radical (unpaired) electrons. The summed E-state index contributed by atoms with van der Waals surface area (Å²) < 4.78 is 18.6. The monoisotopic (exact) mass is 354 g/mol. The minimum Gasteiger partial charge on any atom is -0.457 e. The van der Waals surface area contributed by atoms with E-state index < -0.39 is 17.7 Å². The van der Waals surface area contributed by atoms with Crippen LogP contribution in [0.15, 0.2) is 54.2 Å². The highest BCUT2D eigenvalue weighted by atomic mass is 19.1. The largest absolute Gasteiger partial charge is 0.457 e. The van der Waals surface area contributed by atoms with Crippen LogP contribution in [0, 0.1) is 5.82 Å². The number of ether oxygens (including phenoxy) is 1. The van der Waals surface area contributed by atoms with Gasteiger partial charge in [0.25, 0.3) is 5.91 Å². The van der Waals surface area contributed by atoms with Crippen molar-refractivity contribution in [1.82, 2.24) is 10.2 Å². The molecule has 132 valence electrons. The van der Waals surface area contributed by atoms with Crippen molar-refractivity contribution in [2.45, 2.75) is 6.92 Å². The van der Waals surface area contributed by atoms with Gasteiger partial charge in [0.2, 0.25) is 11.8 Å². The van der Waals surface area contributed by atoms with E-state index in [0.717, 1.165) is 4.90 Å². The number of piperazine rings is 1. The molecule has 0 saturated carbocycles. The fourth-order valence-electron chi connectivity index (χ4n) is 2.43. The molecular weight excluding hydrogens is 339 g/mol. The first-order chi connectivity index (χ1) is 12.4. The number of carbonyl (C=O) groups is 3. The number of amides is 3. The molecule has 26 heavy (non-hydrogen) atoms. The van der Waals surface area contributed by atoms with Gasteiger partial charge < -0.3 is 10.1 Å². The van der Waals surface area contributed by atoms with Crippen LogP contribution in [0.4, 0.5) is 4.39 Å². The van der Waals surface area contributed by atoms with Gasteiger partial charge >= 0.3 is 0 Å². The van der Waals surface area contributed by atoms with Gasteiger partial charge in [-0.05, 0) is 48.0 Å². The van der Waals surface area contributed by atoms with Gasteiger partial charge in [0.1, 0.15) is 29.6 Å². The molecule has 0 atom stereocenters. The minimum absolute atomic E-state index is 0.00961. The molecule has 2 aromatic rings. The average Bonchev–Trinajstić information content (AvgIpc) is 2.60. The maximum atomic E-state index is 12.9. The van der Waals surface area contributed by atoms with E-state index in [-0.39, 0.29) is 18.1 Å². The van der Waals surface area contributed by atoms with E-state index in [4.69, 9.17) is 4.74 Å². The molecule has 1 heterocycles. The molecule has 1 saturated heterocycles. The molecule has 0 aliphatic carbocycles. The Balaban J connectivity index is 1.84. The summed E-state index contributed by atoms with van der Waals surface area (Å²) in [5.74, 6) is -0.932. The zero-order valence-corrected chi connectivity index (χ0v) is 13.9. The van der Waals surface area contributed by atoms with Crippen LogP contribution in [-0.4, -0.2) is 29.2 Å². The van der Waals surface area contributed by atoms with E-state index in [1.54, 1.807) is 24.3 Å². The number of halogens is 1. The molecular formula is C19H15FN2O4. The maximum Gasteiger partial charge on any atom is 0.277 e. The van der Waals surface area contributed by atoms with Crippen LogP contribution >= 0.6 is 0 Å². The van der Waals surface area contributed by atoms with Crippen molar-refractivity contribution in [2.24, 2.45) is 0 Å². The lowest BCUT2D eigenvalue weighted by atomic mass is 10.1. The standard InChI is InChI=1S/C19H15FN2O4/c1-12(23)22-11-18(24)21-17(19(22)25)10-13-3-2-4-16(9-13)26-15-7-5-14(20)6-8-15/h2-10H,11H2,1H3,(H,21,24)/b17-10-. The van der Waals surface area contributed by atoms with Crippen LogP contribution in [0.3, 0.4) is 0 Å². The van der Waals surface area contributed by atoms with E-state index in [2.05, 4.69) is 5.32 Å². The number of nitrogens with zero attached hydrogens (tertiary/aromatic N) is 1. The molecule has 0 spiro atoms. The molecule has 7 heteroatoms. The molecule has 3 amide bonds. The predicted octanol–water partition coefficient (Wildman–Crippen LogP) is 2.46. The van der Waals surface area contributed by atoms with Gasteiger partial charge in [-0.2, -0.15) is 0 Å². The van der Waals surface area contributed by atoms with Crippen LogP contribution in [-0.2, 0) is 14.4 Å². The molecule has 1 aliphatic rings. The number of nitrogens with one attached hydrogen (secondary N) is 1. The molecule has 2 aromatic carbocycles. The number of benzene rings is 2. The third-order valence-electron chi connectivity index (χ3n) is 3.65. The van der Waals surface area contributed by atoms with Crippen LogP contribution < -0.4 is 10.1 Å². The number of hydrogen-bond acceptors (Lipinski definition) is 4. The van der Waals surface area contributed by atoms with Crippen molar-refractivity contribution in [3.05, 3.63) is 65.6 Å². The summed E-state index contributed by atoms with van der Waals surface area (Å²) in [6.45, 7) is 0.935. The van der Waals surface area contributed by atoms with Crippen LogP contribution in [0.1, 0.15) is 12.5 Å². The highest BCUT2D eigenvalue weighted by Crippen LogP contribution is 2.23. The second kappa shape index (κ2) is 7.18. The fraction of sp³-hybridized carbons (Fsp3) is 0.105. The molecule has 3 rings (SSSR count). The maximum absolute atomic E-state index is 12.9. The molecule has 0 bridgehead atoms. The lowest BCUT2D eigenvalue weighted by molar-refractivity contribution is -0.147. The van der Waals surface area contributed by atoms with Gasteiger partial charge in [0.05, 0.1) is 0 Å². The summed E-state index contributed by atoms with van der Waals surface area (Å²) in [5.41, 5.74) is 0.606. The minimum atomic E-state index is -0.568. The Morgan fingerprint density at radius 2 is 1.88 bits per heavy atom. The normalized spacial score (nSPS) is 15.8. The Bertz CT molecular complexity index is 906. The Hall–Kier alpha value is -3.48. The molecule has 1 aliphatic heterocycles. The van der Waals surface area contributed by atoms with E-state index in [1.807, 2.05) is 0 Å². The smallest absolute Gasteiger partial charge is 0.277 e. The quantitative estimate of drug-likeness (QED) is 0.859. The zero-order valence-electron chi connectivity index (χ0n) is 13.9. The predicted molar refractivity (Wildman–Crippen MR) is 91.4 cm³/mol. The van der Waals surface area contributed by atoms with Crippen molar-refractivity contribution in [2.75, 3.05) is 6.54 Å². The van der Waals surface area contributed by atoms with Gasteiger partial charge in [0.15, 0.2) is 0 Å². The third-order valence-corrected chi connectivity index (χ3v) is 3.65. The topological polar surface area (TPSA) is 75.7 Å². The Labute approximate surface area is 148 Å². The first kappa shape index (κ1) is 17.3. The molecule has 1 fully saturated rings. The highest BCUT2D eigenvalue weighted by molar-refractivity contribution is 6.12. The summed E-state index contributed by atoms with van der Waals surface area (Å²) >= 11 is 0. The van der Waals surface area contributed by atoms with Gasteiger partial charge in [-0.3, -0.25) is 19.3 Å². The number of hydrogen-bond donors (Lipinski definition) is 1. The fourth-order valence-corrected chi connectivity index (χ4v) is 2.43. The number of imide groups is 1. The van der Waals surface area contributed by atoms with Crippen molar-refractivity contribution in [3.63, 3.8) is 0 Å². The first-order valence-corrected chi connectivity index (χ1v) is 7.80. The zero-order chi connectivity index (χ0) is 18.7. The number of rotatable bonds is 3. The SMILES string of the molecule is CC(=O)N1CC(=O)N/C(=C\c2cccc(Oc3ccc(F)cc3)c2)C1=O. The van der Waals surface area contributed by atoms with Crippen LogP contribution in [0.5, 0.6) is 11.5 Å². The average molecular weight is 354 g/mol. The summed E-state index contributed by atoms with van der Waals surface area (Å²) in [5, 5.41) is 2.47. The van der Waals surface area contributed by atoms with Crippen LogP contribution in [0.2, 0.25) is 0 Å². The lowest BCUT2D eigenvalue weighted by Gasteiger charge is -2.25. The molecule has 0 unspecified atom stereocenters. The molecule has 6 nitrogen and oxygen atoms in total. The summed E-state index contributed by atoms with van der Waals surface area (Å²) in [6, 6.07) is 12.4. The Morgan fingerprint density at radius 3 is 2.58 bits per heavy atom. The van der Waals surface area contributed by atoms with Crippen molar-refractivity contribution in [1.29, 1.82) is 0 Å².